The van der Waals surface area contributed by atoms with Crippen molar-refractivity contribution in [3.63, 3.8) is 0 Å². The molecule has 19 heavy (non-hydrogen) atoms. The molecule has 0 radical (unpaired) electrons. The van der Waals surface area contributed by atoms with Crippen molar-refractivity contribution in [2.75, 3.05) is 6.61 Å². The van der Waals surface area contributed by atoms with E-state index in [1.54, 1.807) is 13.8 Å². The van der Waals surface area contributed by atoms with Gasteiger partial charge in [-0.2, -0.15) is 5.10 Å². The van der Waals surface area contributed by atoms with E-state index in [4.69, 9.17) is 4.74 Å². The summed E-state index contributed by atoms with van der Waals surface area (Å²) in [6.07, 6.45) is -0.815. The summed E-state index contributed by atoms with van der Waals surface area (Å²) in [6, 6.07) is 9.31. The second-order valence-electron chi connectivity index (χ2n) is 4.12. The van der Waals surface area contributed by atoms with E-state index < -0.39 is 12.1 Å². The van der Waals surface area contributed by atoms with Crippen LogP contribution in [0.15, 0.2) is 30.3 Å². The molecule has 0 fully saturated rings. The molecule has 0 bridgehead atoms. The smallest absolute Gasteiger partial charge is 0.342 e. The van der Waals surface area contributed by atoms with Crippen LogP contribution in [0.4, 0.5) is 0 Å². The van der Waals surface area contributed by atoms with Crippen molar-refractivity contribution in [2.45, 2.75) is 20.0 Å². The van der Waals surface area contributed by atoms with Gasteiger partial charge in [-0.25, -0.2) is 4.79 Å². The molecule has 0 saturated carbocycles. The quantitative estimate of drug-likeness (QED) is 0.827. The third kappa shape index (κ3) is 2.66. The number of benzene rings is 1. The fraction of sp³-hybridized carbons (Fsp3) is 0.286. The molecule has 5 nitrogen and oxygen atoms in total. The topological polar surface area (TPSA) is 75.2 Å². The van der Waals surface area contributed by atoms with E-state index in [-0.39, 0.29) is 6.61 Å². The zero-order valence-corrected chi connectivity index (χ0v) is 10.9. The average Bonchev–Trinajstić information content (AvgIpc) is 2.85. The van der Waals surface area contributed by atoms with Crippen LogP contribution in [0, 0.1) is 0 Å². The minimum atomic E-state index is -0.815. The summed E-state index contributed by atoms with van der Waals surface area (Å²) in [6.45, 7) is 3.59. The molecule has 1 unspecified atom stereocenters. The van der Waals surface area contributed by atoms with Crippen LogP contribution in [0.2, 0.25) is 0 Å². The highest BCUT2D eigenvalue weighted by Gasteiger charge is 2.24. The number of hydrogen-bond donors (Lipinski definition) is 2. The molecule has 1 heterocycles. The molecule has 2 N–H and O–H groups in total. The molecule has 1 aromatic carbocycles. The van der Waals surface area contributed by atoms with Crippen molar-refractivity contribution in [3.8, 4) is 11.3 Å². The van der Waals surface area contributed by atoms with Gasteiger partial charge in [-0.3, -0.25) is 5.10 Å². The Kier molecular flexibility index (Phi) is 3.97. The molecule has 0 aliphatic carbocycles. The van der Waals surface area contributed by atoms with Gasteiger partial charge >= 0.3 is 5.97 Å². The Bertz CT molecular complexity index is 561. The summed E-state index contributed by atoms with van der Waals surface area (Å²) in [5, 5.41) is 16.5. The lowest BCUT2D eigenvalue weighted by Crippen LogP contribution is -2.09. The minimum absolute atomic E-state index is 0.275. The van der Waals surface area contributed by atoms with Crippen LogP contribution >= 0.6 is 0 Å². The summed E-state index contributed by atoms with van der Waals surface area (Å²) >= 11 is 0. The maximum atomic E-state index is 12.0. The summed E-state index contributed by atoms with van der Waals surface area (Å²) in [5.74, 6) is -0.481. The van der Waals surface area contributed by atoms with Crippen LogP contribution in [0.1, 0.15) is 36.0 Å². The van der Waals surface area contributed by atoms with Crippen LogP contribution < -0.4 is 0 Å². The normalized spacial score (nSPS) is 12.2. The fourth-order valence-electron chi connectivity index (χ4n) is 1.87. The third-order valence-electron chi connectivity index (χ3n) is 2.74. The van der Waals surface area contributed by atoms with Crippen molar-refractivity contribution in [2.24, 2.45) is 0 Å². The fourth-order valence-corrected chi connectivity index (χ4v) is 1.87. The molecule has 2 rings (SSSR count). The molecular formula is C14H16N2O3. The average molecular weight is 260 g/mol. The Hall–Kier alpha value is -2.14. The maximum Gasteiger partial charge on any atom is 0.342 e. The van der Waals surface area contributed by atoms with E-state index in [2.05, 4.69) is 10.2 Å². The number of rotatable bonds is 4. The Morgan fingerprint density at radius 1 is 1.42 bits per heavy atom. The number of aliphatic hydroxyl groups is 1. The number of nitrogens with zero attached hydrogens (tertiary/aromatic N) is 1. The van der Waals surface area contributed by atoms with Gasteiger partial charge in [0, 0.05) is 5.56 Å². The van der Waals surface area contributed by atoms with Crippen LogP contribution in [0.25, 0.3) is 11.3 Å². The Labute approximate surface area is 111 Å². The highest BCUT2D eigenvalue weighted by atomic mass is 16.5. The Morgan fingerprint density at radius 2 is 2.11 bits per heavy atom. The van der Waals surface area contributed by atoms with Gasteiger partial charge in [0.05, 0.1) is 18.4 Å². The molecule has 0 aliphatic rings. The van der Waals surface area contributed by atoms with Crippen molar-refractivity contribution in [1.82, 2.24) is 10.2 Å². The SMILES string of the molecule is CCOC(=O)c1c(-c2ccccc2)n[nH]c1C(C)O. The van der Waals surface area contributed by atoms with E-state index in [9.17, 15) is 9.90 Å². The first-order chi connectivity index (χ1) is 9.15. The molecule has 5 heteroatoms. The number of ether oxygens (including phenoxy) is 1. The largest absolute Gasteiger partial charge is 0.462 e. The predicted octanol–water partition coefficient (Wildman–Crippen LogP) is 2.31. The van der Waals surface area contributed by atoms with Crippen LogP contribution in [-0.4, -0.2) is 27.9 Å². The first kappa shape index (κ1) is 13.3. The third-order valence-corrected chi connectivity index (χ3v) is 2.74. The molecule has 0 spiro atoms. The zero-order chi connectivity index (χ0) is 13.8. The van der Waals surface area contributed by atoms with E-state index in [0.29, 0.717) is 17.0 Å². The summed E-state index contributed by atoms with van der Waals surface area (Å²) < 4.78 is 5.03. The highest BCUT2D eigenvalue weighted by molar-refractivity contribution is 5.97. The van der Waals surface area contributed by atoms with Gasteiger partial charge in [-0.05, 0) is 13.8 Å². The molecule has 1 atom stereocenters. The highest BCUT2D eigenvalue weighted by Crippen LogP contribution is 2.27. The van der Waals surface area contributed by atoms with E-state index in [1.807, 2.05) is 30.3 Å². The zero-order valence-electron chi connectivity index (χ0n) is 10.9. The first-order valence-corrected chi connectivity index (χ1v) is 6.14. The van der Waals surface area contributed by atoms with Gasteiger partial charge in [0.25, 0.3) is 0 Å². The number of nitrogens with one attached hydrogen (secondary N) is 1. The lowest BCUT2D eigenvalue weighted by molar-refractivity contribution is 0.0521. The minimum Gasteiger partial charge on any atom is -0.462 e. The van der Waals surface area contributed by atoms with Gasteiger partial charge < -0.3 is 9.84 Å². The van der Waals surface area contributed by atoms with Crippen molar-refractivity contribution >= 4 is 5.97 Å². The van der Waals surface area contributed by atoms with Gasteiger partial charge in [0.2, 0.25) is 0 Å². The number of esters is 1. The number of aromatic amines is 1. The van der Waals surface area contributed by atoms with E-state index in [1.165, 1.54) is 0 Å². The second kappa shape index (κ2) is 5.67. The molecule has 1 aromatic heterocycles. The number of H-pyrrole nitrogens is 1. The van der Waals surface area contributed by atoms with Crippen LogP contribution in [0.3, 0.4) is 0 Å². The molecule has 0 aliphatic heterocycles. The number of carbonyl (C=O) groups is 1. The number of hydrogen-bond acceptors (Lipinski definition) is 4. The lowest BCUT2D eigenvalue weighted by atomic mass is 10.0. The van der Waals surface area contributed by atoms with Crippen LogP contribution in [0.5, 0.6) is 0 Å². The maximum absolute atomic E-state index is 12.0. The van der Waals surface area contributed by atoms with Crippen molar-refractivity contribution < 1.29 is 14.6 Å². The summed E-state index contributed by atoms with van der Waals surface area (Å²) in [7, 11) is 0. The summed E-state index contributed by atoms with van der Waals surface area (Å²) in [4.78, 5) is 12.0. The molecule has 0 saturated heterocycles. The van der Waals surface area contributed by atoms with E-state index >= 15 is 0 Å². The lowest BCUT2D eigenvalue weighted by Gasteiger charge is -2.07. The van der Waals surface area contributed by atoms with Crippen molar-refractivity contribution in [3.05, 3.63) is 41.6 Å². The van der Waals surface area contributed by atoms with Crippen molar-refractivity contribution in [1.29, 1.82) is 0 Å². The number of aromatic nitrogens is 2. The Balaban J connectivity index is 2.53. The second-order valence-corrected chi connectivity index (χ2v) is 4.12. The van der Waals surface area contributed by atoms with Crippen LogP contribution in [-0.2, 0) is 4.74 Å². The molecule has 100 valence electrons. The Morgan fingerprint density at radius 3 is 2.68 bits per heavy atom. The first-order valence-electron chi connectivity index (χ1n) is 6.14. The standard InChI is InChI=1S/C14H16N2O3/c1-3-19-14(18)11-12(9(2)17)15-16-13(11)10-7-5-4-6-8-10/h4-9,17H,3H2,1-2H3,(H,15,16). The van der Waals surface area contributed by atoms with Gasteiger partial charge in [0.15, 0.2) is 0 Å². The molecular weight excluding hydrogens is 244 g/mol. The number of carbonyl (C=O) groups excluding carboxylic acids is 1. The number of aliphatic hydroxyl groups excluding tert-OH is 1. The summed E-state index contributed by atoms with van der Waals surface area (Å²) in [5.41, 5.74) is 1.96. The molecule has 2 aromatic rings. The van der Waals surface area contributed by atoms with Gasteiger partial charge in [0.1, 0.15) is 11.3 Å². The molecule has 0 amide bonds. The predicted molar refractivity (Wildman–Crippen MR) is 70.6 cm³/mol. The van der Waals surface area contributed by atoms with Gasteiger partial charge in [-0.15, -0.1) is 0 Å². The van der Waals surface area contributed by atoms with E-state index in [0.717, 1.165) is 5.56 Å². The van der Waals surface area contributed by atoms with Gasteiger partial charge in [-0.1, -0.05) is 30.3 Å². The monoisotopic (exact) mass is 260 g/mol.